The Morgan fingerprint density at radius 2 is 1.62 bits per heavy atom. The summed E-state index contributed by atoms with van der Waals surface area (Å²) in [7, 11) is 0. The van der Waals surface area contributed by atoms with Crippen molar-refractivity contribution in [2.24, 2.45) is 0 Å². The molecule has 2 aromatic carbocycles. The predicted octanol–water partition coefficient (Wildman–Crippen LogP) is 3.58. The van der Waals surface area contributed by atoms with Gasteiger partial charge in [0.05, 0.1) is 0 Å². The third-order valence-electron chi connectivity index (χ3n) is 2.51. The molecule has 0 spiro atoms. The molecule has 0 saturated carbocycles. The molecule has 0 atom stereocenters. The fourth-order valence-corrected chi connectivity index (χ4v) is 1.64. The Kier molecular flexibility index (Phi) is 4.49. The van der Waals surface area contributed by atoms with Crippen LogP contribution in [0.15, 0.2) is 42.5 Å². The summed E-state index contributed by atoms with van der Waals surface area (Å²) in [5, 5.41) is 4.72. The number of amides is 3. The second-order valence-corrected chi connectivity index (χ2v) is 4.48. The van der Waals surface area contributed by atoms with E-state index in [9.17, 15) is 18.4 Å². The average molecular weight is 311 g/mol. The van der Waals surface area contributed by atoms with Crippen molar-refractivity contribution < 1.29 is 18.4 Å². The molecule has 0 aliphatic heterocycles. The number of halogens is 3. The SMILES string of the molecule is O=C(NC(=O)c1ccc(Cl)cc1)Nc1ccc(F)c(F)c1. The predicted molar refractivity (Wildman–Crippen MR) is 74.3 cm³/mol. The van der Waals surface area contributed by atoms with E-state index in [1.54, 1.807) is 0 Å². The van der Waals surface area contributed by atoms with Gasteiger partial charge in [0.25, 0.3) is 5.91 Å². The van der Waals surface area contributed by atoms with Crippen molar-refractivity contribution in [2.75, 3.05) is 5.32 Å². The number of nitrogens with one attached hydrogen (secondary N) is 2. The zero-order valence-corrected chi connectivity index (χ0v) is 11.2. The number of urea groups is 1. The zero-order chi connectivity index (χ0) is 15.4. The Balaban J connectivity index is 1.99. The van der Waals surface area contributed by atoms with Crippen molar-refractivity contribution >= 4 is 29.2 Å². The Morgan fingerprint density at radius 3 is 2.24 bits per heavy atom. The number of carbonyl (C=O) groups excluding carboxylic acids is 2. The molecule has 0 fully saturated rings. The molecule has 108 valence electrons. The van der Waals surface area contributed by atoms with Crippen LogP contribution in [0.5, 0.6) is 0 Å². The molecule has 0 saturated heterocycles. The number of benzene rings is 2. The number of imide groups is 1. The van der Waals surface area contributed by atoms with Crippen LogP contribution in [0.1, 0.15) is 10.4 Å². The van der Waals surface area contributed by atoms with Gasteiger partial charge in [0.15, 0.2) is 11.6 Å². The molecule has 0 aliphatic carbocycles. The number of rotatable bonds is 2. The smallest absolute Gasteiger partial charge is 0.308 e. The first kappa shape index (κ1) is 14.9. The molecule has 7 heteroatoms. The lowest BCUT2D eigenvalue weighted by atomic mass is 10.2. The summed E-state index contributed by atoms with van der Waals surface area (Å²) in [6.07, 6.45) is 0. The van der Waals surface area contributed by atoms with Crippen molar-refractivity contribution in [2.45, 2.75) is 0 Å². The van der Waals surface area contributed by atoms with Gasteiger partial charge in [-0.1, -0.05) is 11.6 Å². The third kappa shape index (κ3) is 4.00. The summed E-state index contributed by atoms with van der Waals surface area (Å²) >= 11 is 5.68. The van der Waals surface area contributed by atoms with Crippen molar-refractivity contribution in [1.82, 2.24) is 5.32 Å². The van der Waals surface area contributed by atoms with Gasteiger partial charge >= 0.3 is 6.03 Å². The monoisotopic (exact) mass is 310 g/mol. The minimum absolute atomic E-state index is 0.0234. The third-order valence-corrected chi connectivity index (χ3v) is 2.76. The van der Waals surface area contributed by atoms with E-state index in [-0.39, 0.29) is 11.3 Å². The maximum Gasteiger partial charge on any atom is 0.326 e. The van der Waals surface area contributed by atoms with Crippen LogP contribution < -0.4 is 10.6 Å². The molecule has 2 N–H and O–H groups in total. The van der Waals surface area contributed by atoms with E-state index in [0.717, 1.165) is 12.1 Å². The first-order valence-corrected chi connectivity index (χ1v) is 6.16. The molecule has 21 heavy (non-hydrogen) atoms. The van der Waals surface area contributed by atoms with Crippen LogP contribution in [0.2, 0.25) is 5.02 Å². The fourth-order valence-electron chi connectivity index (χ4n) is 1.51. The van der Waals surface area contributed by atoms with Gasteiger partial charge in [-0.15, -0.1) is 0 Å². The normalized spacial score (nSPS) is 10.0. The quantitative estimate of drug-likeness (QED) is 0.890. The van der Waals surface area contributed by atoms with Gasteiger partial charge < -0.3 is 5.32 Å². The summed E-state index contributed by atoms with van der Waals surface area (Å²) in [5.41, 5.74) is 0.259. The van der Waals surface area contributed by atoms with E-state index in [0.29, 0.717) is 5.02 Å². The summed E-state index contributed by atoms with van der Waals surface area (Å²) in [4.78, 5) is 23.3. The molecule has 0 radical (unpaired) electrons. The second-order valence-electron chi connectivity index (χ2n) is 4.04. The molecule has 0 heterocycles. The highest BCUT2D eigenvalue weighted by atomic mass is 35.5. The molecule has 3 amide bonds. The van der Waals surface area contributed by atoms with Crippen LogP contribution in [0, 0.1) is 11.6 Å². The molecule has 2 rings (SSSR count). The van der Waals surface area contributed by atoms with Crippen LogP contribution in [0.3, 0.4) is 0 Å². The molecule has 0 bridgehead atoms. The maximum atomic E-state index is 13.0. The van der Waals surface area contributed by atoms with Crippen molar-refractivity contribution in [3.8, 4) is 0 Å². The zero-order valence-electron chi connectivity index (χ0n) is 10.5. The molecule has 2 aromatic rings. The first-order valence-electron chi connectivity index (χ1n) is 5.78. The van der Waals surface area contributed by atoms with Crippen molar-refractivity contribution in [3.05, 3.63) is 64.7 Å². The van der Waals surface area contributed by atoms with Crippen LogP contribution in [-0.4, -0.2) is 11.9 Å². The minimum atomic E-state index is -1.10. The van der Waals surface area contributed by atoms with E-state index in [2.05, 4.69) is 5.32 Å². The average Bonchev–Trinajstić information content (AvgIpc) is 2.43. The molecular weight excluding hydrogens is 302 g/mol. The molecule has 0 aliphatic rings. The van der Waals surface area contributed by atoms with Gasteiger partial charge in [-0.25, -0.2) is 13.6 Å². The number of anilines is 1. The van der Waals surface area contributed by atoms with E-state index < -0.39 is 23.6 Å². The lowest BCUT2D eigenvalue weighted by Crippen LogP contribution is -2.34. The van der Waals surface area contributed by atoms with Crippen LogP contribution in [0.4, 0.5) is 19.3 Å². The standard InChI is InChI=1S/C14H9ClF2N2O2/c15-9-3-1-8(2-4-9)13(20)19-14(21)18-10-5-6-11(16)12(17)7-10/h1-7H,(H2,18,19,20,21). The summed E-state index contributed by atoms with van der Waals surface area (Å²) in [5.74, 6) is -2.78. The number of hydrogen-bond acceptors (Lipinski definition) is 2. The van der Waals surface area contributed by atoms with Gasteiger partial charge in [0, 0.05) is 22.3 Å². The lowest BCUT2D eigenvalue weighted by molar-refractivity contribution is 0.0967. The Hall–Kier alpha value is -2.47. The van der Waals surface area contributed by atoms with Gasteiger partial charge in [-0.05, 0) is 36.4 Å². The van der Waals surface area contributed by atoms with E-state index >= 15 is 0 Å². The summed E-state index contributed by atoms with van der Waals surface area (Å²) < 4.78 is 25.7. The van der Waals surface area contributed by atoms with Crippen molar-refractivity contribution in [1.29, 1.82) is 0 Å². The maximum absolute atomic E-state index is 13.0. The molecule has 4 nitrogen and oxygen atoms in total. The van der Waals surface area contributed by atoms with E-state index in [1.165, 1.54) is 30.3 Å². The topological polar surface area (TPSA) is 58.2 Å². The van der Waals surface area contributed by atoms with Gasteiger partial charge in [0.2, 0.25) is 0 Å². The van der Waals surface area contributed by atoms with Gasteiger partial charge in [0.1, 0.15) is 0 Å². The Morgan fingerprint density at radius 1 is 0.952 bits per heavy atom. The van der Waals surface area contributed by atoms with Crippen LogP contribution in [-0.2, 0) is 0 Å². The van der Waals surface area contributed by atoms with Crippen molar-refractivity contribution in [3.63, 3.8) is 0 Å². The summed E-state index contributed by atoms with van der Waals surface area (Å²) in [6.45, 7) is 0. The largest absolute Gasteiger partial charge is 0.326 e. The molecule has 0 unspecified atom stereocenters. The van der Waals surface area contributed by atoms with Crippen LogP contribution in [0.25, 0.3) is 0 Å². The van der Waals surface area contributed by atoms with Crippen LogP contribution >= 0.6 is 11.6 Å². The van der Waals surface area contributed by atoms with Gasteiger partial charge in [-0.3, -0.25) is 10.1 Å². The second kappa shape index (κ2) is 6.32. The highest BCUT2D eigenvalue weighted by Crippen LogP contribution is 2.13. The Bertz CT molecular complexity index is 690. The Labute approximate surface area is 123 Å². The summed E-state index contributed by atoms with van der Waals surface area (Å²) in [6, 6.07) is 7.89. The molecule has 0 aromatic heterocycles. The first-order chi connectivity index (χ1) is 9.95. The molecular formula is C14H9ClF2N2O2. The lowest BCUT2D eigenvalue weighted by Gasteiger charge is -2.07. The highest BCUT2D eigenvalue weighted by molar-refractivity contribution is 6.30. The number of hydrogen-bond donors (Lipinski definition) is 2. The van der Waals surface area contributed by atoms with Gasteiger partial charge in [-0.2, -0.15) is 0 Å². The van der Waals surface area contributed by atoms with E-state index in [4.69, 9.17) is 11.6 Å². The minimum Gasteiger partial charge on any atom is -0.308 e. The number of carbonyl (C=O) groups is 2. The highest BCUT2D eigenvalue weighted by Gasteiger charge is 2.11. The fraction of sp³-hybridized carbons (Fsp3) is 0. The van der Waals surface area contributed by atoms with E-state index in [1.807, 2.05) is 5.32 Å².